The SMILES string of the molecule is O=C(N[C@]1(Cc2cccc(C(F)(F)F)c2)CC[C@@H]2CNC[C@@H]21)C(C1CCCCC1)C1CCCCC1. The monoisotopic (exact) mass is 490 g/mol. The molecule has 35 heavy (non-hydrogen) atoms. The highest BCUT2D eigenvalue weighted by atomic mass is 19.4. The van der Waals surface area contributed by atoms with Crippen LogP contribution in [0, 0.1) is 29.6 Å². The quantitative estimate of drug-likeness (QED) is 0.477. The van der Waals surface area contributed by atoms with Crippen LogP contribution < -0.4 is 10.6 Å². The minimum Gasteiger partial charge on any atom is -0.350 e. The van der Waals surface area contributed by atoms with E-state index in [0.717, 1.165) is 57.7 Å². The molecule has 4 aliphatic rings. The molecule has 0 bridgehead atoms. The van der Waals surface area contributed by atoms with Crippen LogP contribution in [-0.4, -0.2) is 24.5 Å². The van der Waals surface area contributed by atoms with E-state index in [4.69, 9.17) is 0 Å². The molecule has 1 aromatic rings. The van der Waals surface area contributed by atoms with E-state index >= 15 is 0 Å². The number of hydrogen-bond donors (Lipinski definition) is 2. The van der Waals surface area contributed by atoms with Crippen molar-refractivity contribution in [2.75, 3.05) is 13.1 Å². The Morgan fingerprint density at radius 3 is 2.26 bits per heavy atom. The number of carbonyl (C=O) groups excluding carboxylic acids is 1. The van der Waals surface area contributed by atoms with Gasteiger partial charge in [0.25, 0.3) is 0 Å². The van der Waals surface area contributed by atoms with E-state index in [2.05, 4.69) is 10.6 Å². The fourth-order valence-electron chi connectivity index (χ4n) is 8.08. The Balaban J connectivity index is 1.42. The molecule has 3 saturated carbocycles. The van der Waals surface area contributed by atoms with Gasteiger partial charge in [-0.3, -0.25) is 4.79 Å². The molecule has 1 aromatic carbocycles. The van der Waals surface area contributed by atoms with Gasteiger partial charge in [-0.15, -0.1) is 0 Å². The molecule has 3 nitrogen and oxygen atoms in total. The number of carbonyl (C=O) groups is 1. The van der Waals surface area contributed by atoms with Crippen LogP contribution in [0.2, 0.25) is 0 Å². The molecule has 5 rings (SSSR count). The summed E-state index contributed by atoms with van der Waals surface area (Å²) in [6.07, 6.45) is 9.96. The van der Waals surface area contributed by atoms with Crippen molar-refractivity contribution in [3.05, 3.63) is 35.4 Å². The largest absolute Gasteiger partial charge is 0.416 e. The van der Waals surface area contributed by atoms with Crippen LogP contribution in [0.15, 0.2) is 24.3 Å². The van der Waals surface area contributed by atoms with Gasteiger partial charge in [0, 0.05) is 18.0 Å². The summed E-state index contributed by atoms with van der Waals surface area (Å²) in [6.45, 7) is 1.78. The number of benzene rings is 1. The molecule has 0 radical (unpaired) electrons. The van der Waals surface area contributed by atoms with Crippen LogP contribution in [0.3, 0.4) is 0 Å². The van der Waals surface area contributed by atoms with Crippen LogP contribution >= 0.6 is 0 Å². The fraction of sp³-hybridized carbons (Fsp3) is 0.759. The number of amides is 1. The van der Waals surface area contributed by atoms with Crippen molar-refractivity contribution >= 4 is 5.91 Å². The van der Waals surface area contributed by atoms with E-state index in [1.165, 1.54) is 50.7 Å². The Labute approximate surface area is 208 Å². The lowest BCUT2D eigenvalue weighted by molar-refractivity contribution is -0.137. The maximum Gasteiger partial charge on any atom is 0.416 e. The van der Waals surface area contributed by atoms with E-state index < -0.39 is 17.3 Å². The third-order valence-corrected chi connectivity index (χ3v) is 9.78. The van der Waals surface area contributed by atoms with E-state index in [1.807, 2.05) is 0 Å². The number of halogens is 3. The van der Waals surface area contributed by atoms with Gasteiger partial charge in [0.05, 0.1) is 5.56 Å². The summed E-state index contributed by atoms with van der Waals surface area (Å²) in [6, 6.07) is 5.76. The molecule has 194 valence electrons. The van der Waals surface area contributed by atoms with Crippen molar-refractivity contribution in [1.29, 1.82) is 0 Å². The van der Waals surface area contributed by atoms with Crippen molar-refractivity contribution in [2.45, 2.75) is 95.2 Å². The molecule has 3 atom stereocenters. The zero-order valence-electron chi connectivity index (χ0n) is 20.8. The van der Waals surface area contributed by atoms with Crippen molar-refractivity contribution in [3.8, 4) is 0 Å². The third kappa shape index (κ3) is 5.42. The molecule has 0 spiro atoms. The van der Waals surface area contributed by atoms with Crippen molar-refractivity contribution in [2.24, 2.45) is 29.6 Å². The van der Waals surface area contributed by atoms with Gasteiger partial charge in [-0.2, -0.15) is 13.2 Å². The second-order valence-electron chi connectivity index (χ2n) is 11.9. The van der Waals surface area contributed by atoms with Crippen molar-refractivity contribution < 1.29 is 18.0 Å². The van der Waals surface area contributed by atoms with Crippen LogP contribution in [0.25, 0.3) is 0 Å². The summed E-state index contributed by atoms with van der Waals surface area (Å²) < 4.78 is 40.3. The van der Waals surface area contributed by atoms with Crippen LogP contribution in [-0.2, 0) is 17.4 Å². The van der Waals surface area contributed by atoms with Gasteiger partial charge >= 0.3 is 6.18 Å². The molecule has 2 N–H and O–H groups in total. The summed E-state index contributed by atoms with van der Waals surface area (Å²) in [5, 5.41) is 7.10. The standard InChI is InChI=1S/C29H41F3N2O/c30-29(31,32)24-13-7-8-20(16-24)17-28(15-14-23-18-33-19-25(23)28)34-27(35)26(21-9-3-1-4-10-21)22-11-5-2-6-12-22/h7-8,13,16,21-23,25-26,33H,1-6,9-12,14-15,17-19H2,(H,34,35)/t23-,25+,28+/m1/s1. The van der Waals surface area contributed by atoms with Gasteiger partial charge in [-0.05, 0) is 86.8 Å². The Kier molecular flexibility index (Phi) is 7.48. The maximum absolute atomic E-state index is 14.2. The molecular formula is C29H41F3N2O. The summed E-state index contributed by atoms with van der Waals surface area (Å²) in [5.74, 6) is 1.93. The van der Waals surface area contributed by atoms with Gasteiger partial charge < -0.3 is 10.6 Å². The molecule has 1 amide bonds. The van der Waals surface area contributed by atoms with Gasteiger partial charge in [0.15, 0.2) is 0 Å². The fourth-order valence-corrected chi connectivity index (χ4v) is 8.08. The third-order valence-electron chi connectivity index (χ3n) is 9.78. The molecule has 1 heterocycles. The summed E-state index contributed by atoms with van der Waals surface area (Å²) >= 11 is 0. The Morgan fingerprint density at radius 1 is 0.971 bits per heavy atom. The van der Waals surface area contributed by atoms with Gasteiger partial charge in [0.1, 0.15) is 0 Å². The molecular weight excluding hydrogens is 449 g/mol. The average molecular weight is 491 g/mol. The molecule has 0 unspecified atom stereocenters. The zero-order chi connectivity index (χ0) is 24.5. The molecule has 4 fully saturated rings. The van der Waals surface area contributed by atoms with Gasteiger partial charge in [0.2, 0.25) is 5.91 Å². The summed E-state index contributed by atoms with van der Waals surface area (Å²) in [4.78, 5) is 14.2. The number of alkyl halides is 3. The molecule has 6 heteroatoms. The Hall–Kier alpha value is -1.56. The van der Waals surface area contributed by atoms with E-state index in [-0.39, 0.29) is 17.7 Å². The first-order valence-corrected chi connectivity index (χ1v) is 14.0. The predicted octanol–water partition coefficient (Wildman–Crippen LogP) is 6.51. The van der Waals surface area contributed by atoms with E-state index in [0.29, 0.717) is 29.7 Å². The highest BCUT2D eigenvalue weighted by Crippen LogP contribution is 2.46. The van der Waals surface area contributed by atoms with Crippen LogP contribution in [0.4, 0.5) is 13.2 Å². The second-order valence-corrected chi connectivity index (χ2v) is 11.9. The molecule has 3 aliphatic carbocycles. The van der Waals surface area contributed by atoms with Crippen molar-refractivity contribution in [1.82, 2.24) is 10.6 Å². The Morgan fingerprint density at radius 2 is 1.63 bits per heavy atom. The molecule has 1 aliphatic heterocycles. The maximum atomic E-state index is 14.2. The lowest BCUT2D eigenvalue weighted by Gasteiger charge is -2.42. The lowest BCUT2D eigenvalue weighted by Crippen LogP contribution is -2.57. The normalized spacial score (nSPS) is 30.5. The number of fused-ring (bicyclic) bond motifs is 1. The van der Waals surface area contributed by atoms with E-state index in [1.54, 1.807) is 6.07 Å². The first-order valence-electron chi connectivity index (χ1n) is 14.0. The van der Waals surface area contributed by atoms with Crippen LogP contribution in [0.5, 0.6) is 0 Å². The first kappa shape index (κ1) is 25.1. The summed E-state index contributed by atoms with van der Waals surface area (Å²) in [5.41, 5.74) is -0.380. The lowest BCUT2D eigenvalue weighted by atomic mass is 9.68. The molecule has 1 saturated heterocycles. The highest BCUT2D eigenvalue weighted by molar-refractivity contribution is 5.80. The Bertz CT molecular complexity index is 857. The van der Waals surface area contributed by atoms with Crippen molar-refractivity contribution in [3.63, 3.8) is 0 Å². The van der Waals surface area contributed by atoms with Gasteiger partial charge in [-0.25, -0.2) is 0 Å². The smallest absolute Gasteiger partial charge is 0.350 e. The number of nitrogens with one attached hydrogen (secondary N) is 2. The zero-order valence-corrected chi connectivity index (χ0v) is 20.8. The molecule has 0 aromatic heterocycles. The number of rotatable bonds is 6. The average Bonchev–Trinajstić information content (AvgIpc) is 3.45. The van der Waals surface area contributed by atoms with Gasteiger partial charge in [-0.1, -0.05) is 56.7 Å². The highest BCUT2D eigenvalue weighted by Gasteiger charge is 2.52. The summed E-state index contributed by atoms with van der Waals surface area (Å²) in [7, 11) is 0. The first-order chi connectivity index (χ1) is 16.9. The minimum absolute atomic E-state index is 0.0578. The predicted molar refractivity (Wildman–Crippen MR) is 132 cm³/mol. The van der Waals surface area contributed by atoms with Crippen LogP contribution in [0.1, 0.15) is 88.2 Å². The topological polar surface area (TPSA) is 41.1 Å². The minimum atomic E-state index is -4.35. The second kappa shape index (κ2) is 10.4. The van der Waals surface area contributed by atoms with E-state index in [9.17, 15) is 18.0 Å². The number of hydrogen-bond acceptors (Lipinski definition) is 2.